The molecule has 1 aromatic rings. The third-order valence-electron chi connectivity index (χ3n) is 3.00. The van der Waals surface area contributed by atoms with Crippen LogP contribution in [0.15, 0.2) is 10.6 Å². The highest BCUT2D eigenvalue weighted by atomic mass is 16.5. The van der Waals surface area contributed by atoms with E-state index >= 15 is 0 Å². The van der Waals surface area contributed by atoms with Crippen molar-refractivity contribution in [2.75, 3.05) is 0 Å². The van der Waals surface area contributed by atoms with Crippen molar-refractivity contribution in [2.24, 2.45) is 5.73 Å². The normalized spacial score (nSPS) is 17.9. The summed E-state index contributed by atoms with van der Waals surface area (Å²) >= 11 is 0. The van der Waals surface area contributed by atoms with Gasteiger partial charge in [-0.2, -0.15) is 0 Å². The van der Waals surface area contributed by atoms with E-state index in [2.05, 4.69) is 10.5 Å². The molecular weight excluding hydrogens is 206 g/mol. The van der Waals surface area contributed by atoms with Crippen molar-refractivity contribution in [3.05, 3.63) is 17.5 Å². The molecule has 1 amide bonds. The van der Waals surface area contributed by atoms with Gasteiger partial charge in [0.15, 0.2) is 5.76 Å². The highest BCUT2D eigenvalue weighted by Crippen LogP contribution is 2.31. The summed E-state index contributed by atoms with van der Waals surface area (Å²) in [5.74, 6) is 0.654. The Morgan fingerprint density at radius 2 is 2.44 bits per heavy atom. The predicted octanol–water partition coefficient (Wildman–Crippen LogP) is 0.871. The van der Waals surface area contributed by atoms with E-state index in [1.807, 2.05) is 13.0 Å². The van der Waals surface area contributed by atoms with Crippen molar-refractivity contribution >= 4 is 5.91 Å². The Balaban J connectivity index is 1.75. The SMILES string of the molecule is Cc1cc(CNC(=O)CC2(N)CCC2)on1. The number of nitrogens with two attached hydrogens (primary N) is 1. The average Bonchev–Trinajstić information content (AvgIpc) is 2.59. The molecule has 16 heavy (non-hydrogen) atoms. The van der Waals surface area contributed by atoms with Crippen LogP contribution in [-0.2, 0) is 11.3 Å². The number of aryl methyl sites for hydroxylation is 1. The molecule has 0 aromatic carbocycles. The number of aromatic nitrogens is 1. The van der Waals surface area contributed by atoms with Gasteiger partial charge in [0.05, 0.1) is 12.2 Å². The molecule has 1 aliphatic carbocycles. The minimum Gasteiger partial charge on any atom is -0.359 e. The summed E-state index contributed by atoms with van der Waals surface area (Å²) in [5.41, 5.74) is 6.54. The van der Waals surface area contributed by atoms with Crippen LogP contribution < -0.4 is 11.1 Å². The molecule has 0 bridgehead atoms. The maximum atomic E-state index is 11.6. The van der Waals surface area contributed by atoms with Crippen molar-refractivity contribution < 1.29 is 9.32 Å². The van der Waals surface area contributed by atoms with Crippen molar-refractivity contribution in [2.45, 2.75) is 44.7 Å². The molecule has 0 atom stereocenters. The number of nitrogens with one attached hydrogen (secondary N) is 1. The van der Waals surface area contributed by atoms with Crippen LogP contribution in [-0.4, -0.2) is 16.6 Å². The zero-order valence-corrected chi connectivity index (χ0v) is 9.45. The van der Waals surface area contributed by atoms with Gasteiger partial charge in [0.2, 0.25) is 5.91 Å². The third-order valence-corrected chi connectivity index (χ3v) is 3.00. The van der Waals surface area contributed by atoms with Crippen LogP contribution in [0.1, 0.15) is 37.1 Å². The topological polar surface area (TPSA) is 81.2 Å². The average molecular weight is 223 g/mol. The smallest absolute Gasteiger partial charge is 0.222 e. The monoisotopic (exact) mass is 223 g/mol. The first-order valence-corrected chi connectivity index (χ1v) is 5.55. The number of amides is 1. The van der Waals surface area contributed by atoms with E-state index in [9.17, 15) is 4.79 Å². The van der Waals surface area contributed by atoms with Gasteiger partial charge in [0.1, 0.15) is 0 Å². The minimum absolute atomic E-state index is 0.0174. The fourth-order valence-corrected chi connectivity index (χ4v) is 1.88. The van der Waals surface area contributed by atoms with Gasteiger partial charge in [0, 0.05) is 18.0 Å². The Labute approximate surface area is 94.4 Å². The number of hydrogen-bond acceptors (Lipinski definition) is 4. The highest BCUT2D eigenvalue weighted by molar-refractivity contribution is 5.77. The molecule has 5 heteroatoms. The summed E-state index contributed by atoms with van der Waals surface area (Å²) in [5, 5.41) is 6.53. The maximum absolute atomic E-state index is 11.6. The first-order valence-electron chi connectivity index (χ1n) is 5.55. The first-order chi connectivity index (χ1) is 7.57. The van der Waals surface area contributed by atoms with E-state index in [1.54, 1.807) is 0 Å². The summed E-state index contributed by atoms with van der Waals surface area (Å²) in [6, 6.07) is 1.81. The lowest BCUT2D eigenvalue weighted by molar-refractivity contribution is -0.123. The van der Waals surface area contributed by atoms with E-state index < -0.39 is 0 Å². The van der Waals surface area contributed by atoms with Crippen LogP contribution in [0.25, 0.3) is 0 Å². The molecule has 5 nitrogen and oxygen atoms in total. The van der Waals surface area contributed by atoms with E-state index in [0.717, 1.165) is 25.0 Å². The molecule has 0 saturated heterocycles. The van der Waals surface area contributed by atoms with E-state index in [4.69, 9.17) is 10.3 Å². The maximum Gasteiger partial charge on any atom is 0.222 e. The molecule has 1 heterocycles. The fraction of sp³-hybridized carbons (Fsp3) is 0.636. The number of nitrogens with zero attached hydrogens (tertiary/aromatic N) is 1. The molecule has 1 saturated carbocycles. The summed E-state index contributed by atoms with van der Waals surface area (Å²) in [6.45, 7) is 2.23. The second kappa shape index (κ2) is 4.25. The number of carbonyl (C=O) groups is 1. The van der Waals surface area contributed by atoms with Gasteiger partial charge in [-0.3, -0.25) is 4.79 Å². The zero-order chi connectivity index (χ0) is 11.6. The third kappa shape index (κ3) is 2.61. The predicted molar refractivity (Wildman–Crippen MR) is 58.5 cm³/mol. The minimum atomic E-state index is -0.262. The molecule has 1 aliphatic rings. The standard InChI is InChI=1S/C11H17N3O2/c1-8-5-9(16-14-8)7-13-10(15)6-11(12)3-2-4-11/h5H,2-4,6-7,12H2,1H3,(H,13,15). The summed E-state index contributed by atoms with van der Waals surface area (Å²) in [7, 11) is 0. The quantitative estimate of drug-likeness (QED) is 0.793. The van der Waals surface area contributed by atoms with Crippen molar-refractivity contribution in [3.8, 4) is 0 Å². The largest absolute Gasteiger partial charge is 0.359 e. The summed E-state index contributed by atoms with van der Waals surface area (Å²) in [4.78, 5) is 11.6. The van der Waals surface area contributed by atoms with Crippen molar-refractivity contribution in [1.29, 1.82) is 0 Å². The fourth-order valence-electron chi connectivity index (χ4n) is 1.88. The highest BCUT2D eigenvalue weighted by Gasteiger charge is 2.34. The van der Waals surface area contributed by atoms with Crippen LogP contribution in [0.5, 0.6) is 0 Å². The van der Waals surface area contributed by atoms with Gasteiger partial charge in [-0.15, -0.1) is 0 Å². The lowest BCUT2D eigenvalue weighted by Crippen LogP contribution is -2.49. The van der Waals surface area contributed by atoms with E-state index in [-0.39, 0.29) is 11.4 Å². The van der Waals surface area contributed by atoms with Crippen LogP contribution in [0.4, 0.5) is 0 Å². The molecule has 0 aliphatic heterocycles. The van der Waals surface area contributed by atoms with Gasteiger partial charge in [-0.25, -0.2) is 0 Å². The Morgan fingerprint density at radius 3 is 2.94 bits per heavy atom. The van der Waals surface area contributed by atoms with Crippen LogP contribution >= 0.6 is 0 Å². The van der Waals surface area contributed by atoms with Gasteiger partial charge in [-0.05, 0) is 26.2 Å². The molecule has 0 spiro atoms. The van der Waals surface area contributed by atoms with Gasteiger partial charge >= 0.3 is 0 Å². The second-order valence-corrected chi connectivity index (χ2v) is 4.60. The number of rotatable bonds is 4. The molecule has 0 radical (unpaired) electrons. The molecule has 3 N–H and O–H groups in total. The van der Waals surface area contributed by atoms with Gasteiger partial charge < -0.3 is 15.6 Å². The van der Waals surface area contributed by atoms with Crippen LogP contribution in [0.3, 0.4) is 0 Å². The van der Waals surface area contributed by atoms with E-state index in [0.29, 0.717) is 18.7 Å². The molecular formula is C11H17N3O2. The summed E-state index contributed by atoms with van der Waals surface area (Å²) in [6.07, 6.45) is 3.43. The van der Waals surface area contributed by atoms with Gasteiger partial charge in [-0.1, -0.05) is 5.16 Å². The number of hydrogen-bond donors (Lipinski definition) is 2. The van der Waals surface area contributed by atoms with E-state index in [1.165, 1.54) is 0 Å². The molecule has 0 unspecified atom stereocenters. The van der Waals surface area contributed by atoms with Crippen molar-refractivity contribution in [1.82, 2.24) is 10.5 Å². The van der Waals surface area contributed by atoms with Gasteiger partial charge in [0.25, 0.3) is 0 Å². The van der Waals surface area contributed by atoms with Crippen molar-refractivity contribution in [3.63, 3.8) is 0 Å². The van der Waals surface area contributed by atoms with Crippen LogP contribution in [0.2, 0.25) is 0 Å². The Morgan fingerprint density at radius 1 is 1.69 bits per heavy atom. The zero-order valence-electron chi connectivity index (χ0n) is 9.45. The molecule has 1 aromatic heterocycles. The Bertz CT molecular complexity index is 382. The second-order valence-electron chi connectivity index (χ2n) is 4.60. The Hall–Kier alpha value is -1.36. The summed E-state index contributed by atoms with van der Waals surface area (Å²) < 4.78 is 4.99. The lowest BCUT2D eigenvalue weighted by atomic mass is 9.75. The Kier molecular flexibility index (Phi) is 2.96. The number of carbonyl (C=O) groups excluding carboxylic acids is 1. The first kappa shape index (κ1) is 11.1. The molecule has 88 valence electrons. The molecule has 2 rings (SSSR count). The lowest BCUT2D eigenvalue weighted by Gasteiger charge is -2.37. The molecule has 1 fully saturated rings. The van der Waals surface area contributed by atoms with Crippen LogP contribution in [0, 0.1) is 6.92 Å².